The summed E-state index contributed by atoms with van der Waals surface area (Å²) in [6, 6.07) is 0. The Morgan fingerprint density at radius 2 is 1.53 bits per heavy atom. The van der Waals surface area contributed by atoms with Crippen molar-refractivity contribution < 1.29 is 9.53 Å². The Bertz CT molecular complexity index is 273. The highest BCUT2D eigenvalue weighted by atomic mass is 16.5. The number of hydrogen-bond donors (Lipinski definition) is 0. The van der Waals surface area contributed by atoms with Crippen LogP contribution in [0.15, 0.2) is 49.1 Å². The summed E-state index contributed by atoms with van der Waals surface area (Å²) in [7, 11) is 1.38. The number of ether oxygens (including phenoxy) is 1. The van der Waals surface area contributed by atoms with E-state index in [2.05, 4.69) is 19.7 Å². The van der Waals surface area contributed by atoms with Crippen LogP contribution in [0.2, 0.25) is 0 Å². The number of rotatable bonds is 7. The maximum Gasteiger partial charge on any atom is 0.334 e. The zero-order valence-corrected chi connectivity index (χ0v) is 9.29. The molecule has 0 aromatic carbocycles. The van der Waals surface area contributed by atoms with Crippen molar-refractivity contribution in [2.75, 3.05) is 7.11 Å². The first-order valence-electron chi connectivity index (χ1n) is 4.83. The molecule has 0 saturated heterocycles. The van der Waals surface area contributed by atoms with E-state index in [1.165, 1.54) is 7.11 Å². The van der Waals surface area contributed by atoms with E-state index in [9.17, 15) is 4.79 Å². The van der Waals surface area contributed by atoms with Crippen molar-refractivity contribution in [1.82, 2.24) is 0 Å². The van der Waals surface area contributed by atoms with Crippen molar-refractivity contribution in [2.24, 2.45) is 0 Å². The maximum absolute atomic E-state index is 11.5. The molecule has 0 aromatic rings. The van der Waals surface area contributed by atoms with E-state index in [1.54, 1.807) is 18.2 Å². The fraction of sp³-hybridized carbons (Fsp3) is 0.308. The first-order chi connectivity index (χ1) is 7.21. The number of methoxy groups -OCH3 is 1. The number of esters is 1. The van der Waals surface area contributed by atoms with Gasteiger partial charge in [0.1, 0.15) is 0 Å². The molecule has 0 heterocycles. The molecule has 0 bridgehead atoms. The van der Waals surface area contributed by atoms with Crippen molar-refractivity contribution in [3.05, 3.63) is 49.1 Å². The molecule has 0 N–H and O–H groups in total. The highest BCUT2D eigenvalue weighted by molar-refractivity contribution is 5.89. The van der Waals surface area contributed by atoms with Gasteiger partial charge >= 0.3 is 5.97 Å². The molecule has 0 rings (SSSR count). The Hall–Kier alpha value is -1.57. The third kappa shape index (κ3) is 4.45. The Morgan fingerprint density at radius 3 is 1.87 bits per heavy atom. The van der Waals surface area contributed by atoms with Crippen molar-refractivity contribution >= 4 is 5.97 Å². The van der Waals surface area contributed by atoms with Crippen molar-refractivity contribution in [3.63, 3.8) is 0 Å². The van der Waals surface area contributed by atoms with Gasteiger partial charge in [-0.2, -0.15) is 0 Å². The van der Waals surface area contributed by atoms with E-state index < -0.39 is 0 Å². The third-order valence-corrected chi connectivity index (χ3v) is 1.99. The van der Waals surface area contributed by atoms with Gasteiger partial charge in [0.25, 0.3) is 0 Å². The topological polar surface area (TPSA) is 26.3 Å². The Kier molecular flexibility index (Phi) is 6.98. The Labute approximate surface area is 91.6 Å². The van der Waals surface area contributed by atoms with E-state index in [1.807, 2.05) is 0 Å². The lowest BCUT2D eigenvalue weighted by molar-refractivity contribution is -0.136. The molecule has 2 heteroatoms. The average molecular weight is 206 g/mol. The zero-order chi connectivity index (χ0) is 11.7. The van der Waals surface area contributed by atoms with E-state index in [4.69, 9.17) is 4.74 Å². The van der Waals surface area contributed by atoms with Gasteiger partial charge in [-0.3, -0.25) is 0 Å². The summed E-state index contributed by atoms with van der Waals surface area (Å²) in [6.45, 7) is 11.0. The fourth-order valence-electron chi connectivity index (χ4n) is 1.32. The molecule has 0 atom stereocenters. The molecule has 0 amide bonds. The van der Waals surface area contributed by atoms with Crippen LogP contribution in [0.25, 0.3) is 0 Å². The minimum Gasteiger partial charge on any atom is -0.466 e. The lowest BCUT2D eigenvalue weighted by Crippen LogP contribution is -2.07. The fourth-order valence-corrected chi connectivity index (χ4v) is 1.32. The molecular weight excluding hydrogens is 188 g/mol. The van der Waals surface area contributed by atoms with Crippen LogP contribution in [-0.2, 0) is 9.53 Å². The Balaban J connectivity index is 5.09. The van der Waals surface area contributed by atoms with Crippen LogP contribution in [0.4, 0.5) is 0 Å². The SMILES string of the molecule is C=CCC(CC=C)=C(CC=C)C(=O)OC. The first kappa shape index (κ1) is 13.4. The summed E-state index contributed by atoms with van der Waals surface area (Å²) in [4.78, 5) is 11.5. The smallest absolute Gasteiger partial charge is 0.334 e. The monoisotopic (exact) mass is 206 g/mol. The summed E-state index contributed by atoms with van der Waals surface area (Å²) in [5.41, 5.74) is 1.65. The van der Waals surface area contributed by atoms with Gasteiger partial charge in [-0.15, -0.1) is 19.7 Å². The van der Waals surface area contributed by atoms with Crippen LogP contribution in [0.3, 0.4) is 0 Å². The number of allylic oxidation sites excluding steroid dienone is 4. The summed E-state index contributed by atoms with van der Waals surface area (Å²) < 4.78 is 4.73. The van der Waals surface area contributed by atoms with Gasteiger partial charge in [0.05, 0.1) is 7.11 Å². The van der Waals surface area contributed by atoms with Gasteiger partial charge in [-0.1, -0.05) is 23.8 Å². The molecule has 0 aromatic heterocycles. The number of carbonyl (C=O) groups is 1. The van der Waals surface area contributed by atoms with Gasteiger partial charge < -0.3 is 4.74 Å². The minimum atomic E-state index is -0.298. The van der Waals surface area contributed by atoms with E-state index in [0.29, 0.717) is 24.8 Å². The molecule has 0 aliphatic carbocycles. The van der Waals surface area contributed by atoms with Gasteiger partial charge in [0.2, 0.25) is 0 Å². The van der Waals surface area contributed by atoms with Gasteiger partial charge in [0, 0.05) is 5.57 Å². The second-order valence-electron chi connectivity index (χ2n) is 3.05. The highest BCUT2D eigenvalue weighted by Gasteiger charge is 2.12. The van der Waals surface area contributed by atoms with Crippen LogP contribution in [0, 0.1) is 0 Å². The molecule has 0 fully saturated rings. The number of hydrogen-bond acceptors (Lipinski definition) is 2. The van der Waals surface area contributed by atoms with Crippen LogP contribution in [0.5, 0.6) is 0 Å². The van der Waals surface area contributed by atoms with E-state index in [0.717, 1.165) is 5.57 Å². The predicted octanol–water partition coefficient (Wildman–Crippen LogP) is 3.18. The van der Waals surface area contributed by atoms with Gasteiger partial charge in [0.15, 0.2) is 0 Å². The van der Waals surface area contributed by atoms with Crippen LogP contribution >= 0.6 is 0 Å². The minimum absolute atomic E-state index is 0.298. The second kappa shape index (κ2) is 7.80. The molecular formula is C13H18O2. The van der Waals surface area contributed by atoms with E-state index >= 15 is 0 Å². The molecule has 0 unspecified atom stereocenters. The lowest BCUT2D eigenvalue weighted by atomic mass is 9.99. The molecule has 0 aliphatic heterocycles. The van der Waals surface area contributed by atoms with Crippen molar-refractivity contribution in [3.8, 4) is 0 Å². The molecule has 82 valence electrons. The largest absolute Gasteiger partial charge is 0.466 e. The third-order valence-electron chi connectivity index (χ3n) is 1.99. The molecule has 0 aliphatic rings. The van der Waals surface area contributed by atoms with Gasteiger partial charge in [-0.25, -0.2) is 4.79 Å². The van der Waals surface area contributed by atoms with Crippen LogP contribution in [-0.4, -0.2) is 13.1 Å². The summed E-state index contributed by atoms with van der Waals surface area (Å²) in [5.74, 6) is -0.298. The van der Waals surface area contributed by atoms with Crippen molar-refractivity contribution in [2.45, 2.75) is 19.3 Å². The normalized spacial score (nSPS) is 8.87. The average Bonchev–Trinajstić information content (AvgIpc) is 2.25. The quantitative estimate of drug-likeness (QED) is 0.363. The first-order valence-corrected chi connectivity index (χ1v) is 4.83. The van der Waals surface area contributed by atoms with Crippen LogP contribution < -0.4 is 0 Å². The number of carbonyl (C=O) groups excluding carboxylic acids is 1. The second-order valence-corrected chi connectivity index (χ2v) is 3.05. The standard InChI is InChI=1S/C13H18O2/c1-5-8-11(9-6-2)12(10-7-3)13(14)15-4/h5-7H,1-3,8-10H2,4H3. The zero-order valence-electron chi connectivity index (χ0n) is 9.29. The Morgan fingerprint density at radius 1 is 1.07 bits per heavy atom. The molecule has 0 spiro atoms. The molecule has 2 nitrogen and oxygen atoms in total. The lowest BCUT2D eigenvalue weighted by Gasteiger charge is -2.09. The summed E-state index contributed by atoms with van der Waals surface area (Å²) in [5, 5.41) is 0. The molecule has 0 saturated carbocycles. The maximum atomic E-state index is 11.5. The van der Waals surface area contributed by atoms with Gasteiger partial charge in [-0.05, 0) is 19.3 Å². The van der Waals surface area contributed by atoms with Crippen molar-refractivity contribution in [1.29, 1.82) is 0 Å². The van der Waals surface area contributed by atoms with E-state index in [-0.39, 0.29) is 5.97 Å². The summed E-state index contributed by atoms with van der Waals surface area (Å²) >= 11 is 0. The summed E-state index contributed by atoms with van der Waals surface area (Å²) in [6.07, 6.45) is 7.09. The molecule has 15 heavy (non-hydrogen) atoms. The predicted molar refractivity (Wildman–Crippen MR) is 63.5 cm³/mol. The van der Waals surface area contributed by atoms with Crippen LogP contribution in [0.1, 0.15) is 19.3 Å². The molecule has 0 radical (unpaired) electrons. The highest BCUT2D eigenvalue weighted by Crippen LogP contribution is 2.19.